The van der Waals surface area contributed by atoms with E-state index in [1.54, 1.807) is 13.8 Å². The molecule has 0 aliphatic carbocycles. The fraction of sp³-hybridized carbons (Fsp3) is 0.176. The zero-order valence-electron chi connectivity index (χ0n) is 14.2. The highest BCUT2D eigenvalue weighted by Gasteiger charge is 2.21. The average molecular weight is 410 g/mol. The van der Waals surface area contributed by atoms with Crippen molar-refractivity contribution < 1.29 is 18.7 Å². The van der Waals surface area contributed by atoms with E-state index in [1.165, 1.54) is 12.1 Å². The summed E-state index contributed by atoms with van der Waals surface area (Å²) >= 11 is 6.65. The number of carbonyl (C=O) groups is 2. The molecule has 1 aromatic carbocycles. The molecule has 3 rings (SSSR count). The van der Waals surface area contributed by atoms with Crippen molar-refractivity contribution >= 4 is 50.7 Å². The van der Waals surface area contributed by atoms with Gasteiger partial charge in [-0.1, -0.05) is 11.6 Å². The molecule has 7 nitrogen and oxygen atoms in total. The van der Waals surface area contributed by atoms with Crippen LogP contribution >= 0.6 is 22.9 Å². The number of halogens is 2. The molecule has 0 fully saturated rings. The van der Waals surface area contributed by atoms with Crippen LogP contribution in [0.1, 0.15) is 21.1 Å². The first-order valence-electron chi connectivity index (χ1n) is 7.68. The molecule has 140 valence electrons. The topological polar surface area (TPSA) is 101 Å². The summed E-state index contributed by atoms with van der Waals surface area (Å²) < 4.78 is 18.6. The van der Waals surface area contributed by atoms with Crippen molar-refractivity contribution in [2.24, 2.45) is 0 Å². The van der Waals surface area contributed by atoms with Gasteiger partial charge in [-0.2, -0.15) is 0 Å². The number of rotatable bonds is 4. The summed E-state index contributed by atoms with van der Waals surface area (Å²) in [6.45, 7) is 2.62. The fourth-order valence-electron chi connectivity index (χ4n) is 2.42. The summed E-state index contributed by atoms with van der Waals surface area (Å²) in [6.07, 6.45) is 0. The number of aromatic nitrogens is 2. The zero-order valence-corrected chi connectivity index (χ0v) is 15.8. The Bertz CT molecular complexity index is 1130. The number of nitrogens with one attached hydrogen (secondary N) is 2. The van der Waals surface area contributed by atoms with Crippen molar-refractivity contribution in [1.29, 1.82) is 0 Å². The Labute approximate surface area is 161 Å². The monoisotopic (exact) mass is 409 g/mol. The van der Waals surface area contributed by atoms with Crippen LogP contribution in [0.5, 0.6) is 0 Å². The molecule has 2 heterocycles. The summed E-state index contributed by atoms with van der Waals surface area (Å²) in [5.74, 6) is -1.75. The summed E-state index contributed by atoms with van der Waals surface area (Å²) in [5.41, 5.74) is 0.00358. The molecule has 10 heteroatoms. The van der Waals surface area contributed by atoms with Crippen molar-refractivity contribution in [2.75, 3.05) is 11.9 Å². The number of hydrogen-bond donors (Lipinski definition) is 2. The summed E-state index contributed by atoms with van der Waals surface area (Å²) in [6, 6.07) is 3.77. The minimum Gasteiger partial charge on any atom is -0.451 e. The minimum atomic E-state index is -0.765. The number of fused-ring (bicyclic) bond motifs is 1. The Kier molecular flexibility index (Phi) is 5.24. The first-order valence-corrected chi connectivity index (χ1v) is 8.87. The zero-order chi connectivity index (χ0) is 19.7. The summed E-state index contributed by atoms with van der Waals surface area (Å²) in [7, 11) is 0. The van der Waals surface area contributed by atoms with Gasteiger partial charge in [0.15, 0.2) is 6.61 Å². The van der Waals surface area contributed by atoms with Crippen molar-refractivity contribution in [2.45, 2.75) is 13.8 Å². The van der Waals surface area contributed by atoms with Gasteiger partial charge in [0, 0.05) is 5.02 Å². The molecule has 0 spiro atoms. The second-order valence-electron chi connectivity index (χ2n) is 5.64. The molecule has 0 aliphatic rings. The largest absolute Gasteiger partial charge is 0.451 e. The summed E-state index contributed by atoms with van der Waals surface area (Å²) in [5, 5.41) is 2.79. The number of nitrogens with zero attached hydrogens (tertiary/aromatic N) is 1. The van der Waals surface area contributed by atoms with Crippen molar-refractivity contribution in [3.8, 4) is 0 Å². The number of amides is 1. The van der Waals surface area contributed by atoms with Gasteiger partial charge in [0.25, 0.3) is 11.5 Å². The maximum absolute atomic E-state index is 13.7. The lowest BCUT2D eigenvalue weighted by atomic mass is 10.2. The van der Waals surface area contributed by atoms with Crippen molar-refractivity contribution in [1.82, 2.24) is 9.97 Å². The van der Waals surface area contributed by atoms with Crippen LogP contribution in [0.25, 0.3) is 10.2 Å². The van der Waals surface area contributed by atoms with Crippen LogP contribution in [-0.2, 0) is 9.53 Å². The van der Waals surface area contributed by atoms with Crippen molar-refractivity contribution in [3.05, 3.63) is 55.7 Å². The van der Waals surface area contributed by atoms with E-state index in [0.717, 1.165) is 17.4 Å². The molecule has 2 aromatic heterocycles. The Balaban J connectivity index is 1.71. The lowest BCUT2D eigenvalue weighted by molar-refractivity contribution is -0.119. The van der Waals surface area contributed by atoms with Crippen LogP contribution in [0.4, 0.5) is 10.1 Å². The second-order valence-corrected chi connectivity index (χ2v) is 7.07. The molecule has 0 saturated heterocycles. The first kappa shape index (κ1) is 19.0. The number of aromatic amines is 1. The van der Waals surface area contributed by atoms with E-state index in [2.05, 4.69) is 15.3 Å². The van der Waals surface area contributed by atoms with Crippen LogP contribution in [0.2, 0.25) is 5.02 Å². The van der Waals surface area contributed by atoms with E-state index < -0.39 is 24.3 Å². The molecule has 0 unspecified atom stereocenters. The van der Waals surface area contributed by atoms with Gasteiger partial charge in [0.05, 0.1) is 11.1 Å². The number of thiophene rings is 1. The van der Waals surface area contributed by atoms with E-state index >= 15 is 0 Å². The Morgan fingerprint density at radius 1 is 1.37 bits per heavy atom. The molecule has 3 aromatic rings. The molecule has 0 bridgehead atoms. The van der Waals surface area contributed by atoms with E-state index in [9.17, 15) is 18.8 Å². The Morgan fingerprint density at radius 3 is 2.81 bits per heavy atom. The molecule has 0 saturated carbocycles. The van der Waals surface area contributed by atoms with E-state index in [-0.39, 0.29) is 21.1 Å². The van der Waals surface area contributed by atoms with Gasteiger partial charge < -0.3 is 15.0 Å². The number of H-pyrrole nitrogens is 1. The Morgan fingerprint density at radius 2 is 2.11 bits per heavy atom. The number of benzene rings is 1. The third kappa shape index (κ3) is 3.99. The highest BCUT2D eigenvalue weighted by Crippen LogP contribution is 2.27. The van der Waals surface area contributed by atoms with Gasteiger partial charge in [0.2, 0.25) is 0 Å². The number of hydrogen-bond acceptors (Lipinski definition) is 6. The molecule has 2 N–H and O–H groups in total. The molecular weight excluding hydrogens is 397 g/mol. The molecule has 27 heavy (non-hydrogen) atoms. The third-order valence-corrected chi connectivity index (χ3v) is 5.04. The van der Waals surface area contributed by atoms with Gasteiger partial charge in [-0.3, -0.25) is 9.59 Å². The smallest absolute Gasteiger partial charge is 0.349 e. The maximum Gasteiger partial charge on any atom is 0.349 e. The lowest BCUT2D eigenvalue weighted by Gasteiger charge is -2.07. The first-order chi connectivity index (χ1) is 12.8. The van der Waals surface area contributed by atoms with E-state index in [1.807, 2.05) is 0 Å². The van der Waals surface area contributed by atoms with Gasteiger partial charge >= 0.3 is 5.97 Å². The highest BCUT2D eigenvalue weighted by atomic mass is 35.5. The van der Waals surface area contributed by atoms with Crippen LogP contribution in [0, 0.1) is 19.7 Å². The lowest BCUT2D eigenvalue weighted by Crippen LogP contribution is -2.21. The average Bonchev–Trinajstić information content (AvgIpc) is 2.92. The molecule has 1 amide bonds. The minimum absolute atomic E-state index is 0.0790. The quantitative estimate of drug-likeness (QED) is 0.644. The number of aryl methyl sites for hydroxylation is 2. The van der Waals surface area contributed by atoms with Gasteiger partial charge in [-0.25, -0.2) is 14.2 Å². The van der Waals surface area contributed by atoms with E-state index in [0.29, 0.717) is 21.6 Å². The number of anilines is 1. The molecule has 0 aliphatic heterocycles. The SMILES string of the molecule is Cc1nc2sc(C(=O)OCC(=O)Nc3ccc(Cl)cc3F)c(C)c2c(=O)[nH]1. The normalized spacial score (nSPS) is 10.8. The number of esters is 1. The molecular formula is C17H13ClFN3O4S. The summed E-state index contributed by atoms with van der Waals surface area (Å²) in [4.78, 5) is 43.6. The second kappa shape index (κ2) is 7.45. The Hall–Kier alpha value is -2.78. The van der Waals surface area contributed by atoms with Crippen molar-refractivity contribution in [3.63, 3.8) is 0 Å². The number of ether oxygens (including phenoxy) is 1. The van der Waals surface area contributed by atoms with Crippen LogP contribution in [-0.4, -0.2) is 28.5 Å². The van der Waals surface area contributed by atoms with Gasteiger partial charge in [-0.05, 0) is 37.6 Å². The van der Waals surface area contributed by atoms with Gasteiger partial charge in [0.1, 0.15) is 21.3 Å². The molecule has 0 atom stereocenters. The standard InChI is InChI=1S/C17H13ClFN3O4S/c1-7-13-15(24)20-8(2)21-16(13)27-14(7)17(25)26-6-12(23)22-11-4-3-9(18)5-10(11)19/h3-5H,6H2,1-2H3,(H,22,23)(H,20,21,24). The highest BCUT2D eigenvalue weighted by molar-refractivity contribution is 7.20. The molecule has 0 radical (unpaired) electrons. The maximum atomic E-state index is 13.7. The predicted octanol–water partition coefficient (Wildman–Crippen LogP) is 3.19. The van der Waals surface area contributed by atoms with Crippen LogP contribution in [0.3, 0.4) is 0 Å². The van der Waals surface area contributed by atoms with Crippen LogP contribution < -0.4 is 10.9 Å². The fourth-order valence-corrected chi connectivity index (χ4v) is 3.70. The predicted molar refractivity (Wildman–Crippen MR) is 100 cm³/mol. The van der Waals surface area contributed by atoms with Gasteiger partial charge in [-0.15, -0.1) is 11.3 Å². The number of carbonyl (C=O) groups excluding carboxylic acids is 2. The van der Waals surface area contributed by atoms with Crippen LogP contribution in [0.15, 0.2) is 23.0 Å². The van der Waals surface area contributed by atoms with E-state index in [4.69, 9.17) is 16.3 Å². The third-order valence-electron chi connectivity index (χ3n) is 3.64.